The van der Waals surface area contributed by atoms with Crippen LogP contribution in [-0.2, 0) is 25.7 Å². The molecule has 12 heteroatoms. The van der Waals surface area contributed by atoms with Crippen molar-refractivity contribution < 1.29 is 39.4 Å². The number of phenols is 4. The molecule has 8 rings (SSSR count). The summed E-state index contributed by atoms with van der Waals surface area (Å²) in [5.41, 5.74) is 10.8. The number of benzene rings is 4. The topological polar surface area (TPSA) is 169 Å². The summed E-state index contributed by atoms with van der Waals surface area (Å²) in [5.74, 6) is 1.59. The van der Waals surface area contributed by atoms with E-state index in [1.54, 1.807) is 48.6 Å². The van der Waals surface area contributed by atoms with Gasteiger partial charge in [0, 0.05) is 22.3 Å². The van der Waals surface area contributed by atoms with Crippen molar-refractivity contribution >= 4 is 0 Å². The molecule has 0 bridgehead atoms. The van der Waals surface area contributed by atoms with E-state index < -0.39 is 0 Å². The molecule has 0 unspecified atom stereocenters. The number of aromatic hydroxyl groups is 4. The Kier molecular flexibility index (Phi) is 16.5. The zero-order valence-corrected chi connectivity index (χ0v) is 40.7. The zero-order valence-electron chi connectivity index (χ0n) is 40.7. The predicted octanol–water partition coefficient (Wildman–Crippen LogP) is 12.7. The molecule has 4 N–H and O–H groups in total. The molecule has 0 atom stereocenters. The van der Waals surface area contributed by atoms with Crippen LogP contribution in [0.25, 0.3) is 67.8 Å². The first-order chi connectivity index (χ1) is 35.0. The van der Waals surface area contributed by atoms with Crippen molar-refractivity contribution in [1.29, 1.82) is 0 Å². The van der Waals surface area contributed by atoms with E-state index in [2.05, 4.69) is 26.3 Å². The van der Waals surface area contributed by atoms with Gasteiger partial charge in [0.1, 0.15) is 0 Å². The van der Waals surface area contributed by atoms with E-state index in [1.165, 1.54) is 28.4 Å². The molecule has 4 heterocycles. The van der Waals surface area contributed by atoms with Crippen LogP contribution in [0.1, 0.15) is 22.3 Å². The Morgan fingerprint density at radius 1 is 0.333 bits per heavy atom. The van der Waals surface area contributed by atoms with Crippen LogP contribution in [-0.4, -0.2) is 68.8 Å². The monoisotopic (exact) mass is 960 g/mol. The van der Waals surface area contributed by atoms with Crippen molar-refractivity contribution in [2.75, 3.05) is 28.4 Å². The highest BCUT2D eigenvalue weighted by Crippen LogP contribution is 2.42. The van der Waals surface area contributed by atoms with Crippen LogP contribution >= 0.6 is 0 Å². The van der Waals surface area contributed by atoms with E-state index in [-0.39, 0.29) is 23.0 Å². The van der Waals surface area contributed by atoms with E-state index in [9.17, 15) is 20.4 Å². The maximum Gasteiger partial charge on any atom is 0.167 e. The quantitative estimate of drug-likeness (QED) is 0.0601. The van der Waals surface area contributed by atoms with Crippen molar-refractivity contribution in [2.24, 2.45) is 0 Å². The smallest absolute Gasteiger partial charge is 0.167 e. The maximum absolute atomic E-state index is 10.8. The molecular formula is C60H56N4O8. The number of pyridine rings is 4. The van der Waals surface area contributed by atoms with Gasteiger partial charge >= 0.3 is 0 Å². The Morgan fingerprint density at radius 3 is 0.708 bits per heavy atom. The summed E-state index contributed by atoms with van der Waals surface area (Å²) in [7, 11) is 6.07. The van der Waals surface area contributed by atoms with Gasteiger partial charge in [-0.05, 0) is 145 Å². The SMILES string of the molecule is C=CCc1cc(OC)c(O)c(-c2cccc(-c3cccc(-c4cc(CC=C)cc(OC)c4O)n3)n2)c1.C=CCc1cc(OC)c(O)c(-c2cccc(-c3cccc(-c4cc(CC=C)cc(OC)c4O)n3)n2)c1. The van der Waals surface area contributed by atoms with Crippen LogP contribution in [0, 0.1) is 0 Å². The predicted molar refractivity (Wildman–Crippen MR) is 285 cm³/mol. The van der Waals surface area contributed by atoms with Gasteiger partial charge < -0.3 is 39.4 Å². The summed E-state index contributed by atoms with van der Waals surface area (Å²) in [6, 6.07) is 36.9. The molecule has 0 amide bonds. The summed E-state index contributed by atoms with van der Waals surface area (Å²) >= 11 is 0. The number of allylic oxidation sites excluding steroid dienone is 4. The Bertz CT molecular complexity index is 2860. The number of methoxy groups -OCH3 is 4. The van der Waals surface area contributed by atoms with E-state index in [1.807, 2.05) is 97.1 Å². The lowest BCUT2D eigenvalue weighted by molar-refractivity contribution is 0.374. The number of hydrogen-bond donors (Lipinski definition) is 4. The molecule has 0 spiro atoms. The molecule has 0 saturated heterocycles. The second-order valence-corrected chi connectivity index (χ2v) is 16.4. The Labute approximate surface area is 419 Å². The molecule has 0 fully saturated rings. The van der Waals surface area contributed by atoms with Crippen LogP contribution in [0.3, 0.4) is 0 Å². The van der Waals surface area contributed by atoms with Crippen molar-refractivity contribution in [3.05, 3.63) is 194 Å². The number of aromatic nitrogens is 4. The molecule has 4 aromatic carbocycles. The molecule has 364 valence electrons. The molecule has 12 nitrogen and oxygen atoms in total. The average molecular weight is 961 g/mol. The van der Waals surface area contributed by atoms with Crippen LogP contribution in [0.5, 0.6) is 46.0 Å². The van der Waals surface area contributed by atoms with Gasteiger partial charge in [0.15, 0.2) is 46.0 Å². The second-order valence-electron chi connectivity index (χ2n) is 16.4. The minimum absolute atomic E-state index is 0.0210. The lowest BCUT2D eigenvalue weighted by Gasteiger charge is -2.13. The van der Waals surface area contributed by atoms with E-state index >= 15 is 0 Å². The third-order valence-corrected chi connectivity index (χ3v) is 11.6. The molecule has 0 radical (unpaired) electrons. The summed E-state index contributed by atoms with van der Waals surface area (Å²) in [6.07, 6.45) is 9.70. The summed E-state index contributed by atoms with van der Waals surface area (Å²) in [4.78, 5) is 19.1. The highest BCUT2D eigenvalue weighted by Gasteiger charge is 2.19. The molecule has 0 saturated carbocycles. The largest absolute Gasteiger partial charge is 0.504 e. The van der Waals surface area contributed by atoms with E-state index in [0.29, 0.717) is 116 Å². The van der Waals surface area contributed by atoms with Crippen molar-refractivity contribution in [1.82, 2.24) is 19.9 Å². The number of rotatable bonds is 18. The van der Waals surface area contributed by atoms with Crippen LogP contribution in [0.2, 0.25) is 0 Å². The number of nitrogens with zero attached hydrogens (tertiary/aromatic N) is 4. The van der Waals surface area contributed by atoms with Crippen molar-refractivity contribution in [2.45, 2.75) is 25.7 Å². The van der Waals surface area contributed by atoms with Gasteiger partial charge in [-0.15, -0.1) is 26.3 Å². The summed E-state index contributed by atoms with van der Waals surface area (Å²) in [6.45, 7) is 15.2. The second kappa shape index (κ2) is 23.4. The van der Waals surface area contributed by atoms with Gasteiger partial charge in [-0.3, -0.25) is 0 Å². The zero-order chi connectivity index (χ0) is 51.3. The Morgan fingerprint density at radius 2 is 0.528 bits per heavy atom. The Balaban J connectivity index is 0.000000211. The first-order valence-corrected chi connectivity index (χ1v) is 22.9. The van der Waals surface area contributed by atoms with Gasteiger partial charge in [-0.25, -0.2) is 19.9 Å². The fourth-order valence-corrected chi connectivity index (χ4v) is 8.11. The lowest BCUT2D eigenvalue weighted by atomic mass is 10.0. The number of phenolic OH excluding ortho intramolecular Hbond substituents is 4. The maximum atomic E-state index is 10.8. The minimum atomic E-state index is 0.0210. The van der Waals surface area contributed by atoms with Gasteiger partial charge in [0.25, 0.3) is 0 Å². The van der Waals surface area contributed by atoms with Gasteiger partial charge in [0.2, 0.25) is 0 Å². The first-order valence-electron chi connectivity index (χ1n) is 22.9. The first kappa shape index (κ1) is 50.7. The molecule has 0 aliphatic heterocycles. The third-order valence-electron chi connectivity index (χ3n) is 11.6. The molecule has 72 heavy (non-hydrogen) atoms. The summed E-state index contributed by atoms with van der Waals surface area (Å²) < 4.78 is 21.5. The average Bonchev–Trinajstić information content (AvgIpc) is 3.41. The molecule has 0 aliphatic rings. The number of ether oxygens (including phenoxy) is 4. The van der Waals surface area contributed by atoms with Gasteiger partial charge in [-0.1, -0.05) is 48.6 Å². The van der Waals surface area contributed by atoms with Crippen molar-refractivity contribution in [3.8, 4) is 114 Å². The fraction of sp³-hybridized carbons (Fsp3) is 0.133. The van der Waals surface area contributed by atoms with E-state index in [0.717, 1.165) is 22.3 Å². The van der Waals surface area contributed by atoms with Gasteiger partial charge in [0.05, 0.1) is 74.0 Å². The lowest BCUT2D eigenvalue weighted by Crippen LogP contribution is -1.96. The molecule has 4 aromatic heterocycles. The molecule has 8 aromatic rings. The standard InChI is InChI=1S/2C30H28N2O4/c2*1-5-9-19-15-21(29(33)27(17-19)35-3)23-11-7-13-25(31-23)26-14-8-12-24(32-26)22-16-20(10-6-2)18-28(36-4)30(22)34/h2*5-8,11-18,33-34H,1-2,9-10H2,3-4H3. The van der Waals surface area contributed by atoms with Crippen molar-refractivity contribution in [3.63, 3.8) is 0 Å². The number of hydrogen-bond acceptors (Lipinski definition) is 12. The normalized spacial score (nSPS) is 10.6. The minimum Gasteiger partial charge on any atom is -0.504 e. The highest BCUT2D eigenvalue weighted by molar-refractivity contribution is 5.78. The van der Waals surface area contributed by atoms with Crippen LogP contribution < -0.4 is 18.9 Å². The van der Waals surface area contributed by atoms with Crippen LogP contribution in [0.15, 0.2) is 172 Å². The highest BCUT2D eigenvalue weighted by atomic mass is 16.5. The summed E-state index contributed by atoms with van der Waals surface area (Å²) in [5, 5.41) is 43.1. The molecule has 0 aliphatic carbocycles. The van der Waals surface area contributed by atoms with Crippen LogP contribution in [0.4, 0.5) is 0 Å². The van der Waals surface area contributed by atoms with E-state index in [4.69, 9.17) is 38.9 Å². The Hall–Kier alpha value is -9.16. The fourth-order valence-electron chi connectivity index (χ4n) is 8.11. The third kappa shape index (κ3) is 11.3. The molecular weight excluding hydrogens is 905 g/mol. The van der Waals surface area contributed by atoms with Gasteiger partial charge in [-0.2, -0.15) is 0 Å².